The van der Waals surface area contributed by atoms with Gasteiger partial charge in [0.1, 0.15) is 11.5 Å². The molecule has 0 heterocycles. The molecule has 2 aromatic rings. The number of hydrogen-bond acceptors (Lipinski definition) is 4. The molecular formula is C18H21ClN2O2. The molecule has 23 heavy (non-hydrogen) atoms. The van der Waals surface area contributed by atoms with Crippen LogP contribution in [0.1, 0.15) is 17.2 Å². The van der Waals surface area contributed by atoms with Crippen molar-refractivity contribution in [3.8, 4) is 11.5 Å². The van der Waals surface area contributed by atoms with Gasteiger partial charge in [-0.3, -0.25) is 4.99 Å². The van der Waals surface area contributed by atoms with Crippen molar-refractivity contribution in [2.24, 2.45) is 4.99 Å². The van der Waals surface area contributed by atoms with Crippen molar-refractivity contribution >= 4 is 17.8 Å². The van der Waals surface area contributed by atoms with Gasteiger partial charge < -0.3 is 14.7 Å². The number of phenolic OH excluding ortho intramolecular Hbond substituents is 1. The Balaban J connectivity index is 2.20. The Morgan fingerprint density at radius 3 is 2.70 bits per heavy atom. The van der Waals surface area contributed by atoms with Gasteiger partial charge in [-0.05, 0) is 38.4 Å². The monoisotopic (exact) mass is 332 g/mol. The van der Waals surface area contributed by atoms with E-state index in [1.165, 1.54) is 0 Å². The molecule has 2 aromatic carbocycles. The maximum absolute atomic E-state index is 9.83. The van der Waals surface area contributed by atoms with Crippen LogP contribution < -0.4 is 4.74 Å². The van der Waals surface area contributed by atoms with Crippen LogP contribution in [0, 0.1) is 0 Å². The number of phenols is 1. The van der Waals surface area contributed by atoms with Crippen LogP contribution in [-0.4, -0.2) is 44.0 Å². The lowest BCUT2D eigenvalue weighted by molar-refractivity contribution is 0.295. The highest BCUT2D eigenvalue weighted by atomic mass is 35.5. The Hall–Kier alpha value is -2.04. The number of benzene rings is 2. The van der Waals surface area contributed by atoms with Gasteiger partial charge in [0, 0.05) is 22.4 Å². The molecule has 0 radical (unpaired) electrons. The van der Waals surface area contributed by atoms with Gasteiger partial charge in [-0.2, -0.15) is 0 Å². The van der Waals surface area contributed by atoms with Crippen LogP contribution in [0.25, 0.3) is 0 Å². The summed E-state index contributed by atoms with van der Waals surface area (Å²) in [7, 11) is 5.67. The summed E-state index contributed by atoms with van der Waals surface area (Å²) in [4.78, 5) is 6.57. The van der Waals surface area contributed by atoms with E-state index in [1.54, 1.807) is 31.5 Å². The minimum absolute atomic E-state index is 0.0729. The van der Waals surface area contributed by atoms with Crippen molar-refractivity contribution in [1.29, 1.82) is 0 Å². The normalized spacial score (nSPS) is 12.7. The van der Waals surface area contributed by atoms with Gasteiger partial charge in [0.05, 0.1) is 19.7 Å². The summed E-state index contributed by atoms with van der Waals surface area (Å²) in [5, 5.41) is 10.4. The average Bonchev–Trinajstić information content (AvgIpc) is 2.54. The molecule has 1 N–H and O–H groups in total. The van der Waals surface area contributed by atoms with Crippen molar-refractivity contribution in [1.82, 2.24) is 4.90 Å². The average molecular weight is 333 g/mol. The van der Waals surface area contributed by atoms with E-state index in [2.05, 4.69) is 9.89 Å². The van der Waals surface area contributed by atoms with Gasteiger partial charge in [0.15, 0.2) is 0 Å². The number of aliphatic imine (C=N–C) groups is 1. The maximum Gasteiger partial charge on any atom is 0.124 e. The van der Waals surface area contributed by atoms with Gasteiger partial charge in [-0.25, -0.2) is 0 Å². The molecule has 0 aliphatic carbocycles. The number of aromatic hydroxyl groups is 1. The summed E-state index contributed by atoms with van der Waals surface area (Å²) in [6.45, 7) is 0.541. The van der Waals surface area contributed by atoms with Crippen molar-refractivity contribution in [3.05, 3.63) is 58.6 Å². The SMILES string of the molecule is COc1ccccc1[C@H](CN=Cc1cc(Cl)ccc1O)N(C)C. The number of rotatable bonds is 6. The third-order valence-corrected chi connectivity index (χ3v) is 3.85. The second-order valence-electron chi connectivity index (χ2n) is 5.42. The molecule has 0 amide bonds. The zero-order chi connectivity index (χ0) is 16.8. The lowest BCUT2D eigenvalue weighted by Gasteiger charge is -2.24. The molecule has 0 fully saturated rings. The first-order chi connectivity index (χ1) is 11.0. The number of halogens is 1. The first-order valence-corrected chi connectivity index (χ1v) is 7.68. The molecule has 1 atom stereocenters. The van der Waals surface area contributed by atoms with E-state index in [1.807, 2.05) is 38.4 Å². The van der Waals surface area contributed by atoms with Gasteiger partial charge in [-0.15, -0.1) is 0 Å². The van der Waals surface area contributed by atoms with Crippen LogP contribution in [0.4, 0.5) is 0 Å². The van der Waals surface area contributed by atoms with E-state index in [-0.39, 0.29) is 11.8 Å². The number of hydrogen-bond donors (Lipinski definition) is 1. The Morgan fingerprint density at radius 2 is 2.00 bits per heavy atom. The molecule has 0 aliphatic rings. The van der Waals surface area contributed by atoms with E-state index in [0.717, 1.165) is 11.3 Å². The summed E-state index contributed by atoms with van der Waals surface area (Å²) in [5.74, 6) is 1.00. The highest BCUT2D eigenvalue weighted by Gasteiger charge is 2.17. The molecule has 0 aromatic heterocycles. The van der Waals surface area contributed by atoms with Gasteiger partial charge in [0.2, 0.25) is 0 Å². The van der Waals surface area contributed by atoms with E-state index >= 15 is 0 Å². The molecule has 0 saturated carbocycles. The lowest BCUT2D eigenvalue weighted by atomic mass is 10.0. The fourth-order valence-electron chi connectivity index (χ4n) is 2.36. The third kappa shape index (κ3) is 4.47. The molecule has 0 saturated heterocycles. The smallest absolute Gasteiger partial charge is 0.124 e. The Labute approximate surface area is 142 Å². The lowest BCUT2D eigenvalue weighted by Crippen LogP contribution is -2.23. The molecule has 0 aliphatic heterocycles. The van der Waals surface area contributed by atoms with Crippen LogP contribution >= 0.6 is 11.6 Å². The second kappa shape index (κ2) is 7.99. The van der Waals surface area contributed by atoms with Crippen molar-refractivity contribution in [3.63, 3.8) is 0 Å². The van der Waals surface area contributed by atoms with E-state index in [4.69, 9.17) is 16.3 Å². The molecule has 5 heteroatoms. The molecule has 122 valence electrons. The predicted octanol–water partition coefficient (Wildman–Crippen LogP) is 3.78. The van der Waals surface area contributed by atoms with E-state index < -0.39 is 0 Å². The molecule has 2 rings (SSSR count). The van der Waals surface area contributed by atoms with Crippen LogP contribution in [0.3, 0.4) is 0 Å². The minimum Gasteiger partial charge on any atom is -0.507 e. The van der Waals surface area contributed by atoms with Crippen molar-refractivity contribution in [2.75, 3.05) is 27.7 Å². The molecule has 0 bridgehead atoms. The molecule has 0 spiro atoms. The minimum atomic E-state index is 0.0729. The fourth-order valence-corrected chi connectivity index (χ4v) is 2.54. The predicted molar refractivity (Wildman–Crippen MR) is 95.0 cm³/mol. The van der Waals surface area contributed by atoms with Crippen molar-refractivity contribution < 1.29 is 9.84 Å². The Bertz CT molecular complexity index is 686. The highest BCUT2D eigenvalue weighted by molar-refractivity contribution is 6.30. The topological polar surface area (TPSA) is 45.1 Å². The van der Waals surface area contributed by atoms with E-state index in [9.17, 15) is 5.11 Å². The third-order valence-electron chi connectivity index (χ3n) is 3.62. The summed E-state index contributed by atoms with van der Waals surface area (Å²) < 4.78 is 5.44. The summed E-state index contributed by atoms with van der Waals surface area (Å²) >= 11 is 5.95. The summed E-state index contributed by atoms with van der Waals surface area (Å²) in [5.41, 5.74) is 1.68. The maximum atomic E-state index is 9.83. The quantitative estimate of drug-likeness (QED) is 0.819. The zero-order valence-corrected chi connectivity index (χ0v) is 14.3. The first kappa shape index (κ1) is 17.3. The zero-order valence-electron chi connectivity index (χ0n) is 13.5. The Kier molecular flexibility index (Phi) is 6.02. The molecule has 0 unspecified atom stereocenters. The number of para-hydroxylation sites is 1. The fraction of sp³-hybridized carbons (Fsp3) is 0.278. The number of ether oxygens (including phenoxy) is 1. The molecule has 4 nitrogen and oxygen atoms in total. The number of methoxy groups -OCH3 is 1. The van der Waals surface area contributed by atoms with Gasteiger partial charge >= 0.3 is 0 Å². The Morgan fingerprint density at radius 1 is 1.26 bits per heavy atom. The standard InChI is InChI=1S/C18H21ClN2O2/c1-21(2)16(15-6-4-5-7-18(15)23-3)12-20-11-13-10-14(19)8-9-17(13)22/h4-11,16,22H,12H2,1-3H3/t16-/m0/s1. The van der Waals surface area contributed by atoms with Crippen LogP contribution in [0.2, 0.25) is 5.02 Å². The van der Waals surface area contributed by atoms with Gasteiger partial charge in [0.25, 0.3) is 0 Å². The van der Waals surface area contributed by atoms with Crippen LogP contribution in [0.5, 0.6) is 11.5 Å². The summed E-state index contributed by atoms with van der Waals surface area (Å²) in [6.07, 6.45) is 1.65. The van der Waals surface area contributed by atoms with Crippen LogP contribution in [0.15, 0.2) is 47.5 Å². The van der Waals surface area contributed by atoms with E-state index in [0.29, 0.717) is 17.1 Å². The number of likely N-dealkylation sites (N-methyl/N-ethyl adjacent to an activating group) is 1. The number of nitrogens with zero attached hydrogens (tertiary/aromatic N) is 2. The first-order valence-electron chi connectivity index (χ1n) is 7.30. The second-order valence-corrected chi connectivity index (χ2v) is 5.86. The summed E-state index contributed by atoms with van der Waals surface area (Å²) in [6, 6.07) is 12.9. The largest absolute Gasteiger partial charge is 0.507 e. The van der Waals surface area contributed by atoms with Gasteiger partial charge in [-0.1, -0.05) is 29.8 Å². The van der Waals surface area contributed by atoms with Crippen molar-refractivity contribution in [2.45, 2.75) is 6.04 Å². The molecular weight excluding hydrogens is 312 g/mol. The highest BCUT2D eigenvalue weighted by Crippen LogP contribution is 2.28. The van der Waals surface area contributed by atoms with Crippen LogP contribution in [-0.2, 0) is 0 Å².